The first-order valence-corrected chi connectivity index (χ1v) is 9.75. The number of alkyl halides is 3. The van der Waals surface area contributed by atoms with Gasteiger partial charge in [0.25, 0.3) is 0 Å². The predicted molar refractivity (Wildman–Crippen MR) is 94.2 cm³/mol. The fourth-order valence-corrected chi connectivity index (χ4v) is 3.73. The summed E-state index contributed by atoms with van der Waals surface area (Å²) in [6.07, 6.45) is 1.38. The van der Waals surface area contributed by atoms with Crippen molar-refractivity contribution in [2.45, 2.75) is 30.8 Å². The highest BCUT2D eigenvalue weighted by Gasteiger charge is 2.50. The fraction of sp³-hybridized carbons (Fsp3) is 0.562. The highest BCUT2D eigenvalue weighted by atomic mass is 32.2. The number of nitrogens with one attached hydrogen (secondary N) is 2. The van der Waals surface area contributed by atoms with Crippen LogP contribution in [0.3, 0.4) is 0 Å². The van der Waals surface area contributed by atoms with Crippen molar-refractivity contribution in [3.63, 3.8) is 0 Å². The van der Waals surface area contributed by atoms with Gasteiger partial charge >= 0.3 is 15.5 Å². The molecule has 2 N–H and O–H groups in total. The van der Waals surface area contributed by atoms with E-state index < -0.39 is 15.5 Å². The lowest BCUT2D eigenvalue weighted by Crippen LogP contribution is -2.51. The average Bonchev–Trinajstić information content (AvgIpc) is 2.61. The van der Waals surface area contributed by atoms with Crippen molar-refractivity contribution in [1.29, 1.82) is 0 Å². The first kappa shape index (κ1) is 20.5. The van der Waals surface area contributed by atoms with Gasteiger partial charge in [0.1, 0.15) is 0 Å². The van der Waals surface area contributed by atoms with Crippen LogP contribution in [-0.4, -0.2) is 56.9 Å². The van der Waals surface area contributed by atoms with Crippen LogP contribution in [0.4, 0.5) is 13.2 Å². The third-order valence-electron chi connectivity index (χ3n) is 4.20. The second kappa shape index (κ2) is 8.72. The molecule has 6 nitrogen and oxygen atoms in total. The average molecular weight is 392 g/mol. The zero-order chi connectivity index (χ0) is 19.2. The Morgan fingerprint density at radius 2 is 1.85 bits per heavy atom. The van der Waals surface area contributed by atoms with E-state index in [1.165, 1.54) is 5.56 Å². The molecule has 1 aromatic carbocycles. The Balaban J connectivity index is 1.78. The van der Waals surface area contributed by atoms with Crippen molar-refractivity contribution in [2.24, 2.45) is 4.99 Å². The summed E-state index contributed by atoms with van der Waals surface area (Å²) >= 11 is 0. The van der Waals surface area contributed by atoms with Crippen LogP contribution in [0.2, 0.25) is 0 Å². The van der Waals surface area contributed by atoms with Crippen LogP contribution >= 0.6 is 0 Å². The monoisotopic (exact) mass is 392 g/mol. The van der Waals surface area contributed by atoms with Crippen LogP contribution in [-0.2, 0) is 16.4 Å². The van der Waals surface area contributed by atoms with Crippen molar-refractivity contribution in [1.82, 2.24) is 14.9 Å². The molecule has 0 atom stereocenters. The molecule has 0 spiro atoms. The number of hydrogen-bond donors (Lipinski definition) is 2. The summed E-state index contributed by atoms with van der Waals surface area (Å²) in [6.45, 7) is 0.325. The van der Waals surface area contributed by atoms with Crippen molar-refractivity contribution < 1.29 is 21.6 Å². The summed E-state index contributed by atoms with van der Waals surface area (Å²) < 4.78 is 61.1. The molecule has 0 saturated carbocycles. The van der Waals surface area contributed by atoms with Crippen LogP contribution in [0.1, 0.15) is 18.4 Å². The summed E-state index contributed by atoms with van der Waals surface area (Å²) in [5.41, 5.74) is -4.07. The molecule has 0 aromatic heterocycles. The van der Waals surface area contributed by atoms with Gasteiger partial charge in [0.05, 0.1) is 0 Å². The molecule has 1 aromatic rings. The minimum atomic E-state index is -5.25. The quantitative estimate of drug-likeness (QED) is 0.591. The molecule has 1 heterocycles. The number of aliphatic imine (C=N–C) groups is 1. The highest BCUT2D eigenvalue weighted by Crippen LogP contribution is 2.28. The molecule has 1 aliphatic heterocycles. The smallest absolute Gasteiger partial charge is 0.356 e. The van der Waals surface area contributed by atoms with Gasteiger partial charge in [-0.15, -0.1) is 0 Å². The molecular formula is C16H23F3N4O2S. The number of halogens is 3. The van der Waals surface area contributed by atoms with Crippen molar-refractivity contribution >= 4 is 16.0 Å². The molecule has 10 heteroatoms. The van der Waals surface area contributed by atoms with Crippen molar-refractivity contribution in [2.75, 3.05) is 26.7 Å². The third-order valence-corrected chi connectivity index (χ3v) is 5.83. The summed E-state index contributed by atoms with van der Waals surface area (Å²) in [4.78, 5) is 4.10. The van der Waals surface area contributed by atoms with E-state index in [1.807, 2.05) is 30.3 Å². The maximum atomic E-state index is 12.6. The van der Waals surface area contributed by atoms with E-state index in [9.17, 15) is 21.6 Å². The third kappa shape index (κ3) is 5.34. The molecule has 1 aliphatic rings. The minimum absolute atomic E-state index is 0.127. The van der Waals surface area contributed by atoms with Gasteiger partial charge in [0, 0.05) is 32.7 Å². The maximum Gasteiger partial charge on any atom is 0.511 e. The molecule has 146 valence electrons. The second-order valence-electron chi connectivity index (χ2n) is 6.00. The van der Waals surface area contributed by atoms with Crippen LogP contribution in [0, 0.1) is 0 Å². The predicted octanol–water partition coefficient (Wildman–Crippen LogP) is 1.71. The lowest BCUT2D eigenvalue weighted by Gasteiger charge is -2.32. The Bertz CT molecular complexity index is 700. The molecular weight excluding hydrogens is 369 g/mol. The number of benzene rings is 1. The minimum Gasteiger partial charge on any atom is -0.356 e. The zero-order valence-corrected chi connectivity index (χ0v) is 15.3. The van der Waals surface area contributed by atoms with E-state index in [0.717, 1.165) is 6.42 Å². The number of nitrogens with zero attached hydrogens (tertiary/aromatic N) is 2. The van der Waals surface area contributed by atoms with Crippen LogP contribution in [0.25, 0.3) is 0 Å². The first-order valence-electron chi connectivity index (χ1n) is 8.31. The SMILES string of the molecule is CN=C(NCCc1ccccc1)NC1CCN(S(=O)(=O)C(F)(F)F)CC1. The van der Waals surface area contributed by atoms with Gasteiger partial charge in [0.15, 0.2) is 5.96 Å². The summed E-state index contributed by atoms with van der Waals surface area (Å²) in [6, 6.07) is 9.79. The van der Waals surface area contributed by atoms with E-state index >= 15 is 0 Å². The van der Waals surface area contributed by atoms with Gasteiger partial charge in [-0.05, 0) is 24.8 Å². The Kier molecular flexibility index (Phi) is 6.87. The standard InChI is InChI=1S/C16H23F3N4O2S/c1-20-15(21-10-7-13-5-3-2-4-6-13)22-14-8-11-23(12-9-14)26(24,25)16(17,18)19/h2-6,14H,7-12H2,1H3,(H2,20,21,22). The van der Waals surface area contributed by atoms with Gasteiger partial charge in [-0.1, -0.05) is 30.3 Å². The second-order valence-corrected chi connectivity index (χ2v) is 7.93. The topological polar surface area (TPSA) is 73.8 Å². The summed E-state index contributed by atoms with van der Waals surface area (Å²) in [7, 11) is -3.63. The van der Waals surface area contributed by atoms with Crippen LogP contribution in [0.5, 0.6) is 0 Å². The lowest BCUT2D eigenvalue weighted by atomic mass is 10.1. The number of piperidine rings is 1. The van der Waals surface area contributed by atoms with Crippen LogP contribution in [0.15, 0.2) is 35.3 Å². The Labute approximate surface area is 151 Å². The molecule has 26 heavy (non-hydrogen) atoms. The number of sulfonamides is 1. The molecule has 0 radical (unpaired) electrons. The van der Waals surface area contributed by atoms with Gasteiger partial charge in [-0.2, -0.15) is 17.5 Å². The Hall–Kier alpha value is -1.81. The van der Waals surface area contributed by atoms with E-state index in [-0.39, 0.29) is 32.0 Å². The number of guanidine groups is 1. The number of rotatable bonds is 5. The maximum absolute atomic E-state index is 12.6. The Morgan fingerprint density at radius 1 is 1.23 bits per heavy atom. The molecule has 2 rings (SSSR count). The van der Waals surface area contributed by atoms with E-state index in [2.05, 4.69) is 15.6 Å². The molecule has 0 bridgehead atoms. The van der Waals surface area contributed by atoms with Gasteiger partial charge in [-0.25, -0.2) is 8.42 Å². The Morgan fingerprint density at radius 3 is 2.38 bits per heavy atom. The molecule has 0 amide bonds. The molecule has 1 fully saturated rings. The molecule has 1 saturated heterocycles. The van der Waals surface area contributed by atoms with Gasteiger partial charge in [-0.3, -0.25) is 4.99 Å². The zero-order valence-electron chi connectivity index (χ0n) is 14.5. The van der Waals surface area contributed by atoms with E-state index in [4.69, 9.17) is 0 Å². The highest BCUT2D eigenvalue weighted by molar-refractivity contribution is 7.90. The van der Waals surface area contributed by atoms with E-state index in [0.29, 0.717) is 16.8 Å². The van der Waals surface area contributed by atoms with E-state index in [1.54, 1.807) is 7.05 Å². The van der Waals surface area contributed by atoms with Gasteiger partial charge < -0.3 is 10.6 Å². The lowest BCUT2D eigenvalue weighted by molar-refractivity contribution is -0.0494. The van der Waals surface area contributed by atoms with Crippen molar-refractivity contribution in [3.05, 3.63) is 35.9 Å². The number of hydrogen-bond acceptors (Lipinski definition) is 3. The van der Waals surface area contributed by atoms with Gasteiger partial charge in [0.2, 0.25) is 0 Å². The summed E-state index contributed by atoms with van der Waals surface area (Å²) in [5.74, 6) is 0.554. The fourth-order valence-electron chi connectivity index (χ4n) is 2.74. The molecule has 0 aliphatic carbocycles. The van der Waals surface area contributed by atoms with Crippen LogP contribution < -0.4 is 10.6 Å². The first-order chi connectivity index (χ1) is 12.2. The largest absolute Gasteiger partial charge is 0.511 e. The summed E-state index contributed by atoms with van der Waals surface area (Å²) in [5, 5.41) is 6.30. The normalized spacial score (nSPS) is 17.9. The molecule has 0 unspecified atom stereocenters. The van der Waals surface area contributed by atoms with Crippen molar-refractivity contribution in [3.8, 4) is 0 Å².